The molecule has 0 aromatic heterocycles. The minimum atomic E-state index is -0.866. The Kier molecular flexibility index (Phi) is 5.88. The molecule has 3 rings (SSSR count). The Hall–Kier alpha value is -3.42. The second-order valence-corrected chi connectivity index (χ2v) is 6.49. The van der Waals surface area contributed by atoms with E-state index in [2.05, 4.69) is 10.6 Å². The molecule has 0 aliphatic heterocycles. The van der Waals surface area contributed by atoms with Crippen LogP contribution in [0.2, 0.25) is 0 Å². The van der Waals surface area contributed by atoms with E-state index in [1.54, 1.807) is 30.3 Å². The topological polar surface area (TPSA) is 105 Å². The number of carboxylic acids is 1. The Morgan fingerprint density at radius 1 is 1.07 bits per heavy atom. The molecular weight excluding hydrogens is 367 g/mol. The summed E-state index contributed by atoms with van der Waals surface area (Å²) in [5.74, 6) is -2.62. The van der Waals surface area contributed by atoms with Crippen LogP contribution >= 0.6 is 0 Å². The second-order valence-electron chi connectivity index (χ2n) is 6.49. The zero-order chi connectivity index (χ0) is 20.1. The van der Waals surface area contributed by atoms with E-state index in [1.165, 1.54) is 18.2 Å². The van der Waals surface area contributed by atoms with Gasteiger partial charge in [0.15, 0.2) is 6.61 Å². The molecule has 2 aromatic rings. The van der Waals surface area contributed by atoms with Crippen LogP contribution in [0.5, 0.6) is 5.75 Å². The van der Waals surface area contributed by atoms with Gasteiger partial charge in [-0.05, 0) is 37.1 Å². The van der Waals surface area contributed by atoms with E-state index in [1.807, 2.05) is 0 Å². The highest BCUT2D eigenvalue weighted by molar-refractivity contribution is 5.97. The first-order valence-electron chi connectivity index (χ1n) is 8.74. The monoisotopic (exact) mass is 386 g/mol. The molecule has 1 saturated carbocycles. The fourth-order valence-electron chi connectivity index (χ4n) is 2.87. The van der Waals surface area contributed by atoms with Crippen molar-refractivity contribution < 1.29 is 28.6 Å². The number of benzene rings is 2. The van der Waals surface area contributed by atoms with E-state index in [0.29, 0.717) is 12.8 Å². The Balaban J connectivity index is 1.56. The second kappa shape index (κ2) is 8.51. The van der Waals surface area contributed by atoms with Gasteiger partial charge in [-0.25, -0.2) is 4.39 Å². The quantitative estimate of drug-likeness (QED) is 0.678. The number of amides is 2. The SMILES string of the molecule is O=C(COc1ccccc1C(=O)NC1CC(C(=O)O)C1)Nc1ccccc1F. The molecule has 146 valence electrons. The number of carbonyl (C=O) groups excluding carboxylic acids is 2. The summed E-state index contributed by atoms with van der Waals surface area (Å²) < 4.78 is 19.0. The minimum Gasteiger partial charge on any atom is -0.483 e. The molecule has 0 radical (unpaired) electrons. The first-order valence-corrected chi connectivity index (χ1v) is 8.74. The summed E-state index contributed by atoms with van der Waals surface area (Å²) >= 11 is 0. The maximum Gasteiger partial charge on any atom is 0.306 e. The van der Waals surface area contributed by atoms with E-state index in [4.69, 9.17) is 9.84 Å². The molecule has 8 heteroatoms. The number of ether oxygens (including phenoxy) is 1. The van der Waals surface area contributed by atoms with Crippen molar-refractivity contribution in [2.24, 2.45) is 5.92 Å². The third kappa shape index (κ3) is 4.64. The van der Waals surface area contributed by atoms with Crippen molar-refractivity contribution in [3.63, 3.8) is 0 Å². The summed E-state index contributed by atoms with van der Waals surface area (Å²) in [6.07, 6.45) is 0.768. The number of rotatable bonds is 7. The van der Waals surface area contributed by atoms with Gasteiger partial charge in [-0.2, -0.15) is 0 Å². The molecular formula is C20H19FN2O5. The number of anilines is 1. The average Bonchev–Trinajstić information content (AvgIpc) is 2.64. The minimum absolute atomic E-state index is 0.0418. The van der Waals surface area contributed by atoms with E-state index in [9.17, 15) is 18.8 Å². The molecule has 0 bridgehead atoms. The van der Waals surface area contributed by atoms with Crippen LogP contribution in [0.15, 0.2) is 48.5 Å². The number of hydrogen-bond donors (Lipinski definition) is 3. The van der Waals surface area contributed by atoms with Gasteiger partial charge in [0.2, 0.25) is 0 Å². The summed E-state index contributed by atoms with van der Waals surface area (Å²) in [5, 5.41) is 14.1. The standard InChI is InChI=1S/C20H19FN2O5/c21-15-6-2-3-7-16(15)23-18(24)11-28-17-8-4-1-5-14(17)19(25)22-13-9-12(10-13)20(26)27/h1-8,12-13H,9-11H2,(H,22,25)(H,23,24)(H,26,27). The lowest BCUT2D eigenvalue weighted by Crippen LogP contribution is -2.46. The van der Waals surface area contributed by atoms with Crippen molar-refractivity contribution in [1.29, 1.82) is 0 Å². The molecule has 0 spiro atoms. The summed E-state index contributed by atoms with van der Waals surface area (Å²) in [6.45, 7) is -0.400. The highest BCUT2D eigenvalue weighted by atomic mass is 19.1. The lowest BCUT2D eigenvalue weighted by atomic mass is 9.80. The van der Waals surface area contributed by atoms with Gasteiger partial charge in [0.25, 0.3) is 11.8 Å². The van der Waals surface area contributed by atoms with Crippen molar-refractivity contribution in [2.45, 2.75) is 18.9 Å². The Labute approximate surface area is 160 Å². The zero-order valence-electron chi connectivity index (χ0n) is 14.9. The number of carbonyl (C=O) groups is 3. The van der Waals surface area contributed by atoms with Gasteiger partial charge in [-0.15, -0.1) is 0 Å². The number of para-hydroxylation sites is 2. The smallest absolute Gasteiger partial charge is 0.306 e. The number of aliphatic carboxylic acids is 1. The van der Waals surface area contributed by atoms with Gasteiger partial charge in [-0.1, -0.05) is 24.3 Å². The van der Waals surface area contributed by atoms with Gasteiger partial charge < -0.3 is 20.5 Å². The number of hydrogen-bond acceptors (Lipinski definition) is 4. The fourth-order valence-corrected chi connectivity index (χ4v) is 2.87. The van der Waals surface area contributed by atoms with Crippen molar-refractivity contribution >= 4 is 23.5 Å². The highest BCUT2D eigenvalue weighted by Crippen LogP contribution is 2.28. The van der Waals surface area contributed by atoms with Crippen LogP contribution in [0.25, 0.3) is 0 Å². The van der Waals surface area contributed by atoms with Crippen molar-refractivity contribution in [1.82, 2.24) is 5.32 Å². The van der Waals surface area contributed by atoms with Crippen LogP contribution in [-0.4, -0.2) is 35.5 Å². The molecule has 2 aromatic carbocycles. The molecule has 0 atom stereocenters. The number of halogens is 1. The number of nitrogens with one attached hydrogen (secondary N) is 2. The third-order valence-corrected chi connectivity index (χ3v) is 4.46. The fraction of sp³-hybridized carbons (Fsp3) is 0.250. The Morgan fingerprint density at radius 3 is 2.46 bits per heavy atom. The van der Waals surface area contributed by atoms with E-state index in [-0.39, 0.29) is 23.0 Å². The van der Waals surface area contributed by atoms with Gasteiger partial charge in [-0.3, -0.25) is 14.4 Å². The van der Waals surface area contributed by atoms with E-state index < -0.39 is 36.1 Å². The molecule has 0 heterocycles. The van der Waals surface area contributed by atoms with Crippen LogP contribution in [-0.2, 0) is 9.59 Å². The molecule has 1 aliphatic rings. The lowest BCUT2D eigenvalue weighted by molar-refractivity contribution is -0.145. The highest BCUT2D eigenvalue weighted by Gasteiger charge is 2.35. The molecule has 1 fully saturated rings. The third-order valence-electron chi connectivity index (χ3n) is 4.46. The summed E-state index contributed by atoms with van der Waals surface area (Å²) in [6, 6.07) is 12.0. The summed E-state index contributed by atoms with van der Waals surface area (Å²) in [5.41, 5.74) is 0.278. The van der Waals surface area contributed by atoms with Crippen molar-refractivity contribution in [3.8, 4) is 5.75 Å². The first-order chi connectivity index (χ1) is 13.4. The maximum atomic E-state index is 13.6. The summed E-state index contributed by atoms with van der Waals surface area (Å²) in [4.78, 5) is 35.3. The zero-order valence-corrected chi connectivity index (χ0v) is 14.9. The summed E-state index contributed by atoms with van der Waals surface area (Å²) in [7, 11) is 0. The van der Waals surface area contributed by atoms with Crippen LogP contribution in [0.4, 0.5) is 10.1 Å². The number of carboxylic acid groups (broad SMARTS) is 1. The van der Waals surface area contributed by atoms with Crippen LogP contribution in [0.1, 0.15) is 23.2 Å². The lowest BCUT2D eigenvalue weighted by Gasteiger charge is -2.32. The average molecular weight is 386 g/mol. The van der Waals surface area contributed by atoms with Crippen LogP contribution < -0.4 is 15.4 Å². The van der Waals surface area contributed by atoms with Gasteiger partial charge in [0.1, 0.15) is 11.6 Å². The molecule has 28 heavy (non-hydrogen) atoms. The normalized spacial score (nSPS) is 17.9. The van der Waals surface area contributed by atoms with Crippen LogP contribution in [0, 0.1) is 11.7 Å². The largest absolute Gasteiger partial charge is 0.483 e. The molecule has 0 unspecified atom stereocenters. The maximum absolute atomic E-state index is 13.6. The molecule has 7 nitrogen and oxygen atoms in total. The van der Waals surface area contributed by atoms with E-state index >= 15 is 0 Å². The predicted molar refractivity (Wildman–Crippen MR) is 98.6 cm³/mol. The van der Waals surface area contributed by atoms with E-state index in [0.717, 1.165) is 0 Å². The van der Waals surface area contributed by atoms with Gasteiger partial charge in [0, 0.05) is 6.04 Å². The van der Waals surface area contributed by atoms with Gasteiger partial charge in [0.05, 0.1) is 17.2 Å². The van der Waals surface area contributed by atoms with Crippen molar-refractivity contribution in [2.75, 3.05) is 11.9 Å². The van der Waals surface area contributed by atoms with Crippen LogP contribution in [0.3, 0.4) is 0 Å². The molecule has 1 aliphatic carbocycles. The predicted octanol–water partition coefficient (Wildman–Crippen LogP) is 2.44. The van der Waals surface area contributed by atoms with Crippen molar-refractivity contribution in [3.05, 3.63) is 59.9 Å². The molecule has 0 saturated heterocycles. The first kappa shape index (κ1) is 19.3. The molecule has 3 N–H and O–H groups in total. The Bertz CT molecular complexity index is 896. The van der Waals surface area contributed by atoms with Gasteiger partial charge >= 0.3 is 5.97 Å². The Morgan fingerprint density at radius 2 is 1.75 bits per heavy atom. The molecule has 2 amide bonds.